The monoisotopic (exact) mass is 337 g/mol. The normalized spacial score (nSPS) is 12.7. The highest BCUT2D eigenvalue weighted by molar-refractivity contribution is 5.73. The van der Waals surface area contributed by atoms with Crippen molar-refractivity contribution in [3.8, 4) is 16.9 Å². The number of carbonyl (C=O) groups excluding carboxylic acids is 1. The second-order valence-electron chi connectivity index (χ2n) is 5.60. The molecule has 0 aromatic heterocycles. The minimum absolute atomic E-state index is 0.173. The molecule has 0 aliphatic rings. The molecule has 2 aromatic carbocycles. The molecule has 128 valence electrons. The lowest BCUT2D eigenvalue weighted by atomic mass is 9.94. The summed E-state index contributed by atoms with van der Waals surface area (Å²) in [4.78, 5) is 10.8. The molecule has 0 saturated carbocycles. The van der Waals surface area contributed by atoms with Crippen LogP contribution in [0.3, 0.4) is 0 Å². The molecule has 1 unspecified atom stereocenters. The molecule has 0 aliphatic carbocycles. The zero-order valence-corrected chi connectivity index (χ0v) is 13.1. The maximum absolute atomic E-state index is 12.3. The van der Waals surface area contributed by atoms with Crippen LogP contribution in [0.5, 0.6) is 5.75 Å². The van der Waals surface area contributed by atoms with Crippen LogP contribution in [0.25, 0.3) is 11.1 Å². The average molecular weight is 337 g/mol. The number of rotatable bonds is 6. The third-order valence-electron chi connectivity index (χ3n) is 3.70. The molecule has 1 amide bonds. The Labute approximate surface area is 138 Å². The van der Waals surface area contributed by atoms with Gasteiger partial charge in [0.05, 0.1) is 0 Å². The molecule has 3 nitrogen and oxygen atoms in total. The van der Waals surface area contributed by atoms with Crippen molar-refractivity contribution in [1.82, 2.24) is 0 Å². The predicted octanol–water partition coefficient (Wildman–Crippen LogP) is 4.62. The second kappa shape index (κ2) is 7.38. The topological polar surface area (TPSA) is 52.3 Å². The quantitative estimate of drug-likeness (QED) is 0.836. The van der Waals surface area contributed by atoms with Crippen LogP contribution in [-0.2, 0) is 4.79 Å². The van der Waals surface area contributed by atoms with Gasteiger partial charge in [0.15, 0.2) is 0 Å². The molecule has 2 rings (SSSR count). The van der Waals surface area contributed by atoms with Crippen LogP contribution >= 0.6 is 0 Å². The Balaban J connectivity index is 2.13. The molecule has 2 N–H and O–H groups in total. The molecule has 0 aliphatic heterocycles. The number of hydrogen-bond acceptors (Lipinski definition) is 2. The van der Waals surface area contributed by atoms with E-state index in [1.54, 1.807) is 6.07 Å². The van der Waals surface area contributed by atoms with E-state index in [4.69, 9.17) is 5.73 Å². The summed E-state index contributed by atoms with van der Waals surface area (Å²) in [6, 6.07) is 13.3. The van der Waals surface area contributed by atoms with Gasteiger partial charge in [-0.1, -0.05) is 43.3 Å². The van der Waals surface area contributed by atoms with Gasteiger partial charge in [-0.25, -0.2) is 0 Å². The van der Waals surface area contributed by atoms with Gasteiger partial charge in [-0.2, -0.15) is 0 Å². The molecule has 0 spiro atoms. The molecule has 0 heterocycles. The Morgan fingerprint density at radius 3 is 2.38 bits per heavy atom. The zero-order valence-electron chi connectivity index (χ0n) is 13.1. The Morgan fingerprint density at radius 1 is 1.12 bits per heavy atom. The molecule has 0 radical (unpaired) electrons. The van der Waals surface area contributed by atoms with Crippen molar-refractivity contribution in [1.29, 1.82) is 0 Å². The smallest absolute Gasteiger partial charge is 0.406 e. The van der Waals surface area contributed by atoms with Crippen molar-refractivity contribution in [3.63, 3.8) is 0 Å². The first-order chi connectivity index (χ1) is 11.2. The predicted molar refractivity (Wildman–Crippen MR) is 85.4 cm³/mol. The van der Waals surface area contributed by atoms with Crippen molar-refractivity contribution >= 4 is 5.91 Å². The highest BCUT2D eigenvalue weighted by atomic mass is 19.4. The molecule has 0 bridgehead atoms. The maximum atomic E-state index is 12.3. The number of primary amides is 1. The number of hydrogen-bond donors (Lipinski definition) is 1. The number of ether oxygens (including phenoxy) is 1. The Hall–Kier alpha value is -2.50. The van der Waals surface area contributed by atoms with Gasteiger partial charge in [0.1, 0.15) is 5.75 Å². The van der Waals surface area contributed by atoms with Crippen LogP contribution in [0.4, 0.5) is 13.2 Å². The summed E-state index contributed by atoms with van der Waals surface area (Å²) < 4.78 is 40.8. The molecule has 24 heavy (non-hydrogen) atoms. The standard InChI is InChI=1S/C18H18F3NO2/c1-12(5-10-17(22)23)13-6-8-14(9-7-13)15-3-2-4-16(11-15)24-18(19,20)21/h2-4,6-9,11-12H,5,10H2,1H3,(H2,22,23). The van der Waals surface area contributed by atoms with Crippen molar-refractivity contribution in [2.75, 3.05) is 0 Å². The molecule has 2 aromatic rings. The number of halogens is 3. The second-order valence-corrected chi connectivity index (χ2v) is 5.60. The maximum Gasteiger partial charge on any atom is 0.573 e. The highest BCUT2D eigenvalue weighted by Gasteiger charge is 2.31. The Bertz CT molecular complexity index is 696. The van der Waals surface area contributed by atoms with E-state index in [0.717, 1.165) is 11.1 Å². The van der Waals surface area contributed by atoms with Gasteiger partial charge in [0.2, 0.25) is 5.91 Å². The fourth-order valence-corrected chi connectivity index (χ4v) is 2.40. The Kier molecular flexibility index (Phi) is 5.49. The molecule has 6 heteroatoms. The lowest BCUT2D eigenvalue weighted by Gasteiger charge is -2.13. The van der Waals surface area contributed by atoms with Crippen molar-refractivity contribution < 1.29 is 22.7 Å². The summed E-state index contributed by atoms with van der Waals surface area (Å²) in [5.74, 6) is -0.412. The van der Waals surface area contributed by atoms with Crippen LogP contribution in [0.15, 0.2) is 48.5 Å². The van der Waals surface area contributed by atoms with Crippen molar-refractivity contribution in [2.45, 2.75) is 32.0 Å². The van der Waals surface area contributed by atoms with Gasteiger partial charge in [-0.3, -0.25) is 4.79 Å². The largest absolute Gasteiger partial charge is 0.573 e. The van der Waals surface area contributed by atoms with Crippen LogP contribution in [0.2, 0.25) is 0 Å². The lowest BCUT2D eigenvalue weighted by Crippen LogP contribution is -2.17. The van der Waals surface area contributed by atoms with Gasteiger partial charge in [0.25, 0.3) is 0 Å². The lowest BCUT2D eigenvalue weighted by molar-refractivity contribution is -0.274. The summed E-state index contributed by atoms with van der Waals surface area (Å²) >= 11 is 0. The highest BCUT2D eigenvalue weighted by Crippen LogP contribution is 2.29. The molecule has 1 atom stereocenters. The van der Waals surface area contributed by atoms with E-state index < -0.39 is 6.36 Å². The van der Waals surface area contributed by atoms with E-state index in [-0.39, 0.29) is 17.6 Å². The average Bonchev–Trinajstić information content (AvgIpc) is 2.51. The fourth-order valence-electron chi connectivity index (χ4n) is 2.40. The number of benzene rings is 2. The SMILES string of the molecule is CC(CCC(N)=O)c1ccc(-c2cccc(OC(F)(F)F)c2)cc1. The van der Waals surface area contributed by atoms with Crippen LogP contribution in [0, 0.1) is 0 Å². The molecular formula is C18H18F3NO2. The van der Waals surface area contributed by atoms with Crippen molar-refractivity contribution in [3.05, 3.63) is 54.1 Å². The van der Waals surface area contributed by atoms with E-state index in [2.05, 4.69) is 4.74 Å². The number of carbonyl (C=O) groups is 1. The number of amides is 1. The fraction of sp³-hybridized carbons (Fsp3) is 0.278. The molecule has 0 fully saturated rings. The number of alkyl halides is 3. The number of nitrogens with two attached hydrogens (primary N) is 1. The minimum Gasteiger partial charge on any atom is -0.406 e. The zero-order chi connectivity index (χ0) is 17.7. The minimum atomic E-state index is -4.71. The third kappa shape index (κ3) is 5.30. The first-order valence-electron chi connectivity index (χ1n) is 7.49. The molecule has 0 saturated heterocycles. The van der Waals surface area contributed by atoms with Gasteiger partial charge >= 0.3 is 6.36 Å². The third-order valence-corrected chi connectivity index (χ3v) is 3.70. The van der Waals surface area contributed by atoms with Gasteiger partial charge in [-0.15, -0.1) is 13.2 Å². The van der Waals surface area contributed by atoms with Crippen molar-refractivity contribution in [2.24, 2.45) is 5.73 Å². The summed E-state index contributed by atoms with van der Waals surface area (Å²) in [7, 11) is 0. The van der Waals surface area contributed by atoms with E-state index in [0.29, 0.717) is 18.4 Å². The first-order valence-corrected chi connectivity index (χ1v) is 7.49. The van der Waals surface area contributed by atoms with E-state index in [9.17, 15) is 18.0 Å². The summed E-state index contributed by atoms with van der Waals surface area (Å²) in [6.07, 6.45) is -3.73. The summed E-state index contributed by atoms with van der Waals surface area (Å²) in [5, 5.41) is 0. The van der Waals surface area contributed by atoms with Crippen LogP contribution in [0.1, 0.15) is 31.2 Å². The van der Waals surface area contributed by atoms with Crippen LogP contribution in [-0.4, -0.2) is 12.3 Å². The van der Waals surface area contributed by atoms with Crippen LogP contribution < -0.4 is 10.5 Å². The Morgan fingerprint density at radius 2 is 1.79 bits per heavy atom. The van der Waals surface area contributed by atoms with E-state index in [1.807, 2.05) is 31.2 Å². The molecular weight excluding hydrogens is 319 g/mol. The first kappa shape index (κ1) is 17.8. The van der Waals surface area contributed by atoms with Gasteiger partial charge < -0.3 is 10.5 Å². The summed E-state index contributed by atoms with van der Waals surface area (Å²) in [5.41, 5.74) is 7.61. The van der Waals surface area contributed by atoms with E-state index >= 15 is 0 Å². The van der Waals surface area contributed by atoms with Gasteiger partial charge in [0, 0.05) is 6.42 Å². The van der Waals surface area contributed by atoms with E-state index in [1.165, 1.54) is 18.2 Å². The van der Waals surface area contributed by atoms with Gasteiger partial charge in [-0.05, 0) is 41.2 Å². The summed E-state index contributed by atoms with van der Waals surface area (Å²) in [6.45, 7) is 2.00.